The number of nitrogens with two attached hydrogens (primary N) is 2. The molecule has 0 aliphatic carbocycles. The largest absolute Gasteiger partial charge is 0.377 e. The monoisotopic (exact) mass is 273 g/mol. The van der Waals surface area contributed by atoms with E-state index in [1.54, 1.807) is 17.5 Å². The molecule has 6 N–H and O–H groups in total. The molecule has 7 nitrogen and oxygen atoms in total. The van der Waals surface area contributed by atoms with Crippen molar-refractivity contribution in [2.45, 2.75) is 0 Å². The Balaban J connectivity index is 2.27. The third-order valence-corrected chi connectivity index (χ3v) is 3.22. The molecule has 0 bridgehead atoms. The van der Waals surface area contributed by atoms with Crippen LogP contribution in [0.3, 0.4) is 0 Å². The Kier molecular flexibility index (Phi) is 5.30. The topological polar surface area (TPSA) is 123 Å². The highest BCUT2D eigenvalue weighted by Crippen LogP contribution is 2.07. The third kappa shape index (κ3) is 4.74. The quantitative estimate of drug-likeness (QED) is 0.254. The van der Waals surface area contributed by atoms with Crippen LogP contribution < -0.4 is 22.4 Å². The van der Waals surface area contributed by atoms with Crippen molar-refractivity contribution in [3.63, 3.8) is 0 Å². The van der Waals surface area contributed by atoms with Gasteiger partial charge in [0.15, 0.2) is 5.17 Å². The molecule has 1 rings (SSSR count). The second-order valence-electron chi connectivity index (χ2n) is 2.74. The minimum atomic E-state index is -0.397. The molecule has 17 heavy (non-hydrogen) atoms. The minimum absolute atomic E-state index is 0.0251. The maximum absolute atomic E-state index is 11.4. The van der Waals surface area contributed by atoms with Gasteiger partial charge in [-0.1, -0.05) is 17.8 Å². The van der Waals surface area contributed by atoms with Gasteiger partial charge in [-0.05, 0) is 11.4 Å². The SMILES string of the molecule is NN=C(N)SCC(=O)NNC(=O)c1cccs1. The highest BCUT2D eigenvalue weighted by Gasteiger charge is 2.08. The van der Waals surface area contributed by atoms with Crippen LogP contribution in [-0.4, -0.2) is 22.7 Å². The smallest absolute Gasteiger partial charge is 0.279 e. The van der Waals surface area contributed by atoms with Crippen LogP contribution in [0.2, 0.25) is 0 Å². The molecule has 1 aromatic heterocycles. The van der Waals surface area contributed by atoms with Crippen LogP contribution in [0, 0.1) is 0 Å². The first-order valence-electron chi connectivity index (χ1n) is 4.42. The number of nitrogens with one attached hydrogen (secondary N) is 2. The molecule has 0 spiro atoms. The van der Waals surface area contributed by atoms with E-state index in [1.807, 2.05) is 0 Å². The zero-order valence-corrected chi connectivity index (χ0v) is 10.3. The van der Waals surface area contributed by atoms with Crippen molar-refractivity contribution in [1.82, 2.24) is 10.9 Å². The number of carbonyl (C=O) groups is 2. The molecule has 9 heteroatoms. The first kappa shape index (κ1) is 13.3. The maximum atomic E-state index is 11.4. The standard InChI is InChI=1S/C8H11N5O2S2/c9-8(11-10)17-4-6(14)12-13-7(15)5-2-1-3-16-5/h1-3H,4,10H2,(H2,9,11)(H,12,14)(H,13,15). The number of hydrazone groups is 1. The molecule has 0 atom stereocenters. The summed E-state index contributed by atoms with van der Waals surface area (Å²) in [5, 5.41) is 5.06. The van der Waals surface area contributed by atoms with Gasteiger partial charge in [0.25, 0.3) is 5.91 Å². The van der Waals surface area contributed by atoms with Crippen LogP contribution in [0.5, 0.6) is 0 Å². The average molecular weight is 273 g/mol. The number of thioether (sulfide) groups is 1. The van der Waals surface area contributed by atoms with Gasteiger partial charge in [-0.15, -0.1) is 11.3 Å². The molecular formula is C8H11N5O2S2. The van der Waals surface area contributed by atoms with Gasteiger partial charge in [-0.25, -0.2) is 0 Å². The molecule has 2 amide bonds. The van der Waals surface area contributed by atoms with Crippen molar-refractivity contribution in [1.29, 1.82) is 0 Å². The molecule has 0 aliphatic rings. The number of amidine groups is 1. The fourth-order valence-electron chi connectivity index (χ4n) is 0.809. The van der Waals surface area contributed by atoms with Crippen molar-refractivity contribution in [3.05, 3.63) is 22.4 Å². The van der Waals surface area contributed by atoms with E-state index in [4.69, 9.17) is 11.6 Å². The Morgan fingerprint density at radius 3 is 2.82 bits per heavy atom. The number of hydrazine groups is 1. The molecular weight excluding hydrogens is 262 g/mol. The van der Waals surface area contributed by atoms with Crippen LogP contribution in [0.1, 0.15) is 9.67 Å². The van der Waals surface area contributed by atoms with Crippen molar-refractivity contribution < 1.29 is 9.59 Å². The Labute approximate surface area is 106 Å². The van der Waals surface area contributed by atoms with Crippen molar-refractivity contribution in [3.8, 4) is 0 Å². The number of amides is 2. The second-order valence-corrected chi connectivity index (χ2v) is 4.68. The van der Waals surface area contributed by atoms with Crippen molar-refractivity contribution >= 4 is 40.1 Å². The van der Waals surface area contributed by atoms with Crippen LogP contribution >= 0.6 is 23.1 Å². The molecule has 0 aliphatic heterocycles. The summed E-state index contributed by atoms with van der Waals surface area (Å²) in [6, 6.07) is 3.40. The molecule has 1 heterocycles. The summed E-state index contributed by atoms with van der Waals surface area (Å²) in [5.74, 6) is 4.15. The van der Waals surface area contributed by atoms with Crippen LogP contribution in [0.15, 0.2) is 22.6 Å². The minimum Gasteiger partial charge on any atom is -0.377 e. The number of hydrogen-bond acceptors (Lipinski definition) is 6. The summed E-state index contributed by atoms with van der Waals surface area (Å²) in [6.07, 6.45) is 0. The van der Waals surface area contributed by atoms with E-state index in [-0.39, 0.29) is 16.8 Å². The molecule has 0 saturated carbocycles. The first-order valence-corrected chi connectivity index (χ1v) is 6.29. The van der Waals surface area contributed by atoms with Crippen molar-refractivity contribution in [2.75, 3.05) is 5.75 Å². The molecule has 0 unspecified atom stereocenters. The van der Waals surface area contributed by atoms with Crippen LogP contribution in [0.4, 0.5) is 0 Å². The first-order chi connectivity index (χ1) is 8.13. The molecule has 0 radical (unpaired) electrons. The van der Waals surface area contributed by atoms with Gasteiger partial charge in [-0.2, -0.15) is 5.10 Å². The van der Waals surface area contributed by atoms with Gasteiger partial charge in [0.05, 0.1) is 10.6 Å². The Morgan fingerprint density at radius 1 is 1.47 bits per heavy atom. The molecule has 92 valence electrons. The lowest BCUT2D eigenvalue weighted by molar-refractivity contribution is -0.119. The number of thiophene rings is 1. The summed E-state index contributed by atoms with van der Waals surface area (Å²) in [7, 11) is 0. The zero-order chi connectivity index (χ0) is 12.7. The molecule has 0 aromatic carbocycles. The van der Waals surface area contributed by atoms with Crippen LogP contribution in [-0.2, 0) is 4.79 Å². The van der Waals surface area contributed by atoms with Crippen LogP contribution in [0.25, 0.3) is 0 Å². The van der Waals surface area contributed by atoms with E-state index >= 15 is 0 Å². The number of rotatable bonds is 3. The lowest BCUT2D eigenvalue weighted by Gasteiger charge is -2.05. The van der Waals surface area contributed by atoms with E-state index in [1.165, 1.54) is 11.3 Å². The van der Waals surface area contributed by atoms with Gasteiger partial charge in [0.1, 0.15) is 0 Å². The van der Waals surface area contributed by atoms with E-state index in [2.05, 4.69) is 16.0 Å². The number of nitrogens with zero attached hydrogens (tertiary/aromatic N) is 1. The molecule has 1 aromatic rings. The fourth-order valence-corrected chi connectivity index (χ4v) is 1.85. The summed E-state index contributed by atoms with van der Waals surface area (Å²) in [6.45, 7) is 0. The third-order valence-electron chi connectivity index (χ3n) is 1.54. The van der Waals surface area contributed by atoms with Gasteiger partial charge >= 0.3 is 0 Å². The normalized spacial score (nSPS) is 10.9. The Morgan fingerprint density at radius 2 is 2.24 bits per heavy atom. The second kappa shape index (κ2) is 6.76. The number of carbonyl (C=O) groups excluding carboxylic acids is 2. The summed E-state index contributed by atoms with van der Waals surface area (Å²) in [5.41, 5.74) is 9.80. The molecule has 0 saturated heterocycles. The lowest BCUT2D eigenvalue weighted by Crippen LogP contribution is -2.42. The highest BCUT2D eigenvalue weighted by atomic mass is 32.2. The van der Waals surface area contributed by atoms with Gasteiger partial charge in [-0.3, -0.25) is 20.4 Å². The Bertz CT molecular complexity index is 418. The van der Waals surface area contributed by atoms with Gasteiger partial charge in [0.2, 0.25) is 5.91 Å². The van der Waals surface area contributed by atoms with E-state index in [0.29, 0.717) is 4.88 Å². The fraction of sp³-hybridized carbons (Fsp3) is 0.125. The average Bonchev–Trinajstić information content (AvgIpc) is 2.86. The predicted molar refractivity (Wildman–Crippen MR) is 68.2 cm³/mol. The van der Waals surface area contributed by atoms with Gasteiger partial charge in [0, 0.05) is 0 Å². The predicted octanol–water partition coefficient (Wildman–Crippen LogP) is -0.569. The van der Waals surface area contributed by atoms with E-state index in [9.17, 15) is 9.59 Å². The number of hydrogen-bond donors (Lipinski definition) is 4. The summed E-state index contributed by atoms with van der Waals surface area (Å²) < 4.78 is 0. The maximum Gasteiger partial charge on any atom is 0.279 e. The summed E-state index contributed by atoms with van der Waals surface area (Å²) in [4.78, 5) is 23.2. The Hall–Kier alpha value is -1.74. The lowest BCUT2D eigenvalue weighted by atomic mass is 10.4. The summed E-state index contributed by atoms with van der Waals surface area (Å²) >= 11 is 2.26. The van der Waals surface area contributed by atoms with Crippen molar-refractivity contribution in [2.24, 2.45) is 16.7 Å². The molecule has 0 fully saturated rings. The van der Waals surface area contributed by atoms with E-state index < -0.39 is 5.91 Å². The van der Waals surface area contributed by atoms with Gasteiger partial charge < -0.3 is 11.6 Å². The zero-order valence-electron chi connectivity index (χ0n) is 8.67. The highest BCUT2D eigenvalue weighted by molar-refractivity contribution is 8.14. The van der Waals surface area contributed by atoms with E-state index in [0.717, 1.165) is 11.8 Å².